The van der Waals surface area contributed by atoms with Crippen LogP contribution < -0.4 is 10.2 Å². The van der Waals surface area contributed by atoms with Crippen LogP contribution in [0.15, 0.2) is 48.5 Å². The molecule has 3 rings (SSSR count). The lowest BCUT2D eigenvalue weighted by Gasteiger charge is -2.17. The normalized spacial score (nSPS) is 13.6. The minimum atomic E-state index is -0.617. The van der Waals surface area contributed by atoms with Gasteiger partial charge >= 0.3 is 12.0 Å². The molecule has 2 aromatic carbocycles. The Hall–Kier alpha value is -3.68. The maximum atomic E-state index is 12.5. The summed E-state index contributed by atoms with van der Waals surface area (Å²) in [5.74, 6) is -1.34. The minimum absolute atomic E-state index is 0.166. The zero-order chi connectivity index (χ0) is 20.3. The van der Waals surface area contributed by atoms with Crippen molar-refractivity contribution < 1.29 is 23.9 Å². The van der Waals surface area contributed by atoms with Crippen LogP contribution in [0.1, 0.15) is 26.3 Å². The fourth-order valence-electron chi connectivity index (χ4n) is 2.70. The van der Waals surface area contributed by atoms with E-state index in [0.29, 0.717) is 16.8 Å². The van der Waals surface area contributed by atoms with Crippen molar-refractivity contribution >= 4 is 29.5 Å². The van der Waals surface area contributed by atoms with Crippen molar-refractivity contribution in [3.05, 3.63) is 65.2 Å². The van der Waals surface area contributed by atoms with E-state index in [2.05, 4.69) is 5.32 Å². The molecule has 8 nitrogen and oxygen atoms in total. The summed E-state index contributed by atoms with van der Waals surface area (Å²) in [7, 11) is 1.52. The molecule has 1 aliphatic rings. The van der Waals surface area contributed by atoms with Crippen LogP contribution in [0.25, 0.3) is 0 Å². The lowest BCUT2D eigenvalue weighted by molar-refractivity contribution is -0.127. The van der Waals surface area contributed by atoms with Gasteiger partial charge in [-0.1, -0.05) is 17.7 Å². The maximum absolute atomic E-state index is 12.5. The molecule has 1 fully saturated rings. The van der Waals surface area contributed by atoms with Gasteiger partial charge in [0.25, 0.3) is 11.8 Å². The van der Waals surface area contributed by atoms with Crippen molar-refractivity contribution in [3.8, 4) is 0 Å². The predicted octanol–water partition coefficient (Wildman–Crippen LogP) is 1.94. The number of benzene rings is 2. The molecule has 28 heavy (non-hydrogen) atoms. The summed E-state index contributed by atoms with van der Waals surface area (Å²) >= 11 is 0. The Morgan fingerprint density at radius 1 is 1.00 bits per heavy atom. The van der Waals surface area contributed by atoms with Crippen molar-refractivity contribution in [1.82, 2.24) is 10.2 Å². The van der Waals surface area contributed by atoms with Gasteiger partial charge in [-0.2, -0.15) is 0 Å². The van der Waals surface area contributed by atoms with Gasteiger partial charge in [-0.3, -0.25) is 14.5 Å². The predicted molar refractivity (Wildman–Crippen MR) is 101 cm³/mol. The standard InChI is InChI=1S/C20H19N3O5/c1-13-3-5-15(6-4-13)19(26)28-12-23-17(24)11-22(20(23)27)16-9-7-14(8-10-16)18(25)21-2/h3-10H,11-12H2,1-2H3,(H,21,25). The molecule has 8 heteroatoms. The highest BCUT2D eigenvalue weighted by Gasteiger charge is 2.37. The van der Waals surface area contributed by atoms with Gasteiger partial charge in [0.05, 0.1) is 5.56 Å². The zero-order valence-electron chi connectivity index (χ0n) is 15.5. The van der Waals surface area contributed by atoms with Crippen LogP contribution in [0.3, 0.4) is 0 Å². The summed E-state index contributed by atoms with van der Waals surface area (Å²) in [6.07, 6.45) is 0. The number of nitrogens with zero attached hydrogens (tertiary/aromatic N) is 2. The molecule has 1 aliphatic heterocycles. The summed E-state index contributed by atoms with van der Waals surface area (Å²) in [5, 5.41) is 2.51. The maximum Gasteiger partial charge on any atom is 0.339 e. The third-order valence-corrected chi connectivity index (χ3v) is 4.34. The van der Waals surface area contributed by atoms with E-state index in [9.17, 15) is 19.2 Å². The fourth-order valence-corrected chi connectivity index (χ4v) is 2.70. The topological polar surface area (TPSA) is 96.0 Å². The van der Waals surface area contributed by atoms with Crippen LogP contribution in [0.4, 0.5) is 10.5 Å². The van der Waals surface area contributed by atoms with Crippen molar-refractivity contribution in [2.75, 3.05) is 25.2 Å². The zero-order valence-corrected chi connectivity index (χ0v) is 15.5. The number of carbonyl (C=O) groups is 4. The number of aryl methyl sites for hydroxylation is 1. The van der Waals surface area contributed by atoms with Crippen molar-refractivity contribution in [3.63, 3.8) is 0 Å². The van der Waals surface area contributed by atoms with Gasteiger partial charge in [0.2, 0.25) is 0 Å². The summed E-state index contributed by atoms with van der Waals surface area (Å²) in [6, 6.07) is 12.5. The van der Waals surface area contributed by atoms with E-state index in [1.165, 1.54) is 11.9 Å². The molecule has 1 heterocycles. The number of urea groups is 1. The summed E-state index contributed by atoms with van der Waals surface area (Å²) in [6.45, 7) is 1.27. The first kappa shape index (κ1) is 19.1. The fraction of sp³-hybridized carbons (Fsp3) is 0.200. The Bertz CT molecular complexity index is 922. The summed E-state index contributed by atoms with van der Waals surface area (Å²) in [5.41, 5.74) is 2.25. The number of anilines is 1. The molecule has 2 aromatic rings. The van der Waals surface area contributed by atoms with E-state index in [4.69, 9.17) is 4.74 Å². The van der Waals surface area contributed by atoms with Gasteiger partial charge in [0, 0.05) is 18.3 Å². The average molecular weight is 381 g/mol. The van der Waals surface area contributed by atoms with Crippen molar-refractivity contribution in [2.24, 2.45) is 0 Å². The van der Waals surface area contributed by atoms with Crippen LogP contribution in [-0.2, 0) is 9.53 Å². The molecule has 0 atom stereocenters. The number of ether oxygens (including phenoxy) is 1. The van der Waals surface area contributed by atoms with Gasteiger partial charge in [-0.25, -0.2) is 14.5 Å². The van der Waals surface area contributed by atoms with Gasteiger partial charge in [0.15, 0.2) is 6.73 Å². The first-order valence-corrected chi connectivity index (χ1v) is 8.58. The molecule has 4 amide bonds. The molecule has 0 radical (unpaired) electrons. The number of imide groups is 1. The molecule has 0 spiro atoms. The molecule has 0 bridgehead atoms. The Kier molecular flexibility index (Phi) is 5.39. The minimum Gasteiger partial charge on any atom is -0.440 e. The highest BCUT2D eigenvalue weighted by atomic mass is 16.5. The number of carbonyl (C=O) groups excluding carboxylic acids is 4. The molecule has 1 N–H and O–H groups in total. The first-order chi connectivity index (χ1) is 13.4. The van der Waals surface area contributed by atoms with Crippen LogP contribution in [0.5, 0.6) is 0 Å². The van der Waals surface area contributed by atoms with E-state index in [-0.39, 0.29) is 12.5 Å². The second-order valence-corrected chi connectivity index (χ2v) is 6.24. The Morgan fingerprint density at radius 2 is 1.61 bits per heavy atom. The van der Waals surface area contributed by atoms with Gasteiger partial charge in [-0.05, 0) is 43.3 Å². The molecule has 0 aromatic heterocycles. The van der Waals surface area contributed by atoms with E-state index >= 15 is 0 Å². The molecular formula is C20H19N3O5. The molecule has 0 saturated carbocycles. The quantitative estimate of drug-likeness (QED) is 0.631. The van der Waals surface area contributed by atoms with E-state index < -0.39 is 24.6 Å². The molecule has 1 saturated heterocycles. The summed E-state index contributed by atoms with van der Waals surface area (Å²) < 4.78 is 5.11. The SMILES string of the molecule is CNC(=O)c1ccc(N2CC(=O)N(COC(=O)c3ccc(C)cc3)C2=O)cc1. The van der Waals surface area contributed by atoms with E-state index in [0.717, 1.165) is 10.5 Å². The Labute approximate surface area is 161 Å². The molecule has 0 unspecified atom stereocenters. The summed E-state index contributed by atoms with van der Waals surface area (Å²) in [4.78, 5) is 50.6. The van der Waals surface area contributed by atoms with Crippen LogP contribution in [0, 0.1) is 6.92 Å². The second kappa shape index (κ2) is 7.91. The van der Waals surface area contributed by atoms with E-state index in [1.54, 1.807) is 48.5 Å². The number of nitrogens with one attached hydrogen (secondary N) is 1. The number of hydrogen-bond donors (Lipinski definition) is 1. The lowest BCUT2D eigenvalue weighted by atomic mass is 10.1. The Morgan fingerprint density at radius 3 is 2.21 bits per heavy atom. The van der Waals surface area contributed by atoms with Crippen LogP contribution in [-0.4, -0.2) is 49.0 Å². The van der Waals surface area contributed by atoms with Crippen molar-refractivity contribution in [1.29, 1.82) is 0 Å². The highest BCUT2D eigenvalue weighted by molar-refractivity contribution is 6.12. The monoisotopic (exact) mass is 381 g/mol. The van der Waals surface area contributed by atoms with Crippen molar-refractivity contribution in [2.45, 2.75) is 6.92 Å². The van der Waals surface area contributed by atoms with Crippen LogP contribution in [0.2, 0.25) is 0 Å². The Balaban J connectivity index is 1.65. The molecular weight excluding hydrogens is 362 g/mol. The van der Waals surface area contributed by atoms with Crippen LogP contribution >= 0.6 is 0 Å². The van der Waals surface area contributed by atoms with Gasteiger partial charge in [0.1, 0.15) is 6.54 Å². The highest BCUT2D eigenvalue weighted by Crippen LogP contribution is 2.22. The third kappa shape index (κ3) is 3.85. The average Bonchev–Trinajstić information content (AvgIpc) is 2.99. The van der Waals surface area contributed by atoms with E-state index in [1.807, 2.05) is 6.92 Å². The number of amides is 4. The van der Waals surface area contributed by atoms with Gasteiger partial charge < -0.3 is 10.1 Å². The third-order valence-electron chi connectivity index (χ3n) is 4.34. The second-order valence-electron chi connectivity index (χ2n) is 6.24. The smallest absolute Gasteiger partial charge is 0.339 e. The number of hydrogen-bond acceptors (Lipinski definition) is 5. The van der Waals surface area contributed by atoms with Gasteiger partial charge in [-0.15, -0.1) is 0 Å². The first-order valence-electron chi connectivity index (χ1n) is 8.58. The lowest BCUT2D eigenvalue weighted by Crippen LogP contribution is -2.35. The molecule has 0 aliphatic carbocycles. The molecule has 144 valence electrons. The number of esters is 1. The largest absolute Gasteiger partial charge is 0.440 e. The number of rotatable bonds is 5.